The Morgan fingerprint density at radius 2 is 2.32 bits per heavy atom. The number of benzene rings is 1. The lowest BCUT2D eigenvalue weighted by Crippen LogP contribution is -2.25. The van der Waals surface area contributed by atoms with Crippen LogP contribution in [0.4, 0.5) is 4.39 Å². The maximum Gasteiger partial charge on any atom is 0.252 e. The lowest BCUT2D eigenvalue weighted by molar-refractivity contribution is 0.0952. The van der Waals surface area contributed by atoms with Gasteiger partial charge in [0.2, 0.25) is 0 Å². The second-order valence-electron chi connectivity index (χ2n) is 4.02. The first kappa shape index (κ1) is 14.0. The highest BCUT2D eigenvalue weighted by Crippen LogP contribution is 2.13. The predicted molar refractivity (Wildman–Crippen MR) is 78.4 cm³/mol. The van der Waals surface area contributed by atoms with Crippen LogP contribution in [0, 0.1) is 9.39 Å². The number of aryl methyl sites for hydroxylation is 1. The molecule has 2 aromatic rings. The van der Waals surface area contributed by atoms with E-state index in [0.717, 1.165) is 18.7 Å². The normalized spacial score (nSPS) is 10.4. The van der Waals surface area contributed by atoms with E-state index in [-0.39, 0.29) is 11.7 Å². The van der Waals surface area contributed by atoms with Crippen LogP contribution in [-0.4, -0.2) is 22.4 Å². The average molecular weight is 373 g/mol. The summed E-state index contributed by atoms with van der Waals surface area (Å²) in [6.07, 6.45) is 5.06. The molecule has 0 unspecified atom stereocenters. The third kappa shape index (κ3) is 4.02. The lowest BCUT2D eigenvalue weighted by Gasteiger charge is -2.06. The van der Waals surface area contributed by atoms with Gasteiger partial charge in [-0.3, -0.25) is 4.79 Å². The van der Waals surface area contributed by atoms with Gasteiger partial charge in [-0.25, -0.2) is 9.37 Å². The highest BCUT2D eigenvalue weighted by Gasteiger charge is 2.09. The Morgan fingerprint density at radius 1 is 1.47 bits per heavy atom. The first-order valence-corrected chi connectivity index (χ1v) is 6.96. The number of carbonyl (C=O) groups excluding carboxylic acids is 1. The van der Waals surface area contributed by atoms with Gasteiger partial charge in [0.05, 0.1) is 5.56 Å². The Morgan fingerprint density at radius 3 is 3.00 bits per heavy atom. The molecule has 1 amide bonds. The van der Waals surface area contributed by atoms with E-state index in [1.54, 1.807) is 12.4 Å². The number of rotatable bonds is 5. The molecule has 1 aromatic carbocycles. The number of aromatic nitrogens is 2. The van der Waals surface area contributed by atoms with Gasteiger partial charge in [0.1, 0.15) is 11.6 Å². The summed E-state index contributed by atoms with van der Waals surface area (Å²) in [4.78, 5) is 19.0. The molecule has 100 valence electrons. The molecule has 1 heterocycles. The fourth-order valence-electron chi connectivity index (χ4n) is 1.66. The number of hydrogen-bond donors (Lipinski definition) is 2. The Balaban J connectivity index is 1.81. The summed E-state index contributed by atoms with van der Waals surface area (Å²) >= 11 is 1.95. The van der Waals surface area contributed by atoms with E-state index in [4.69, 9.17) is 0 Å². The Bertz CT molecular complexity index is 557. The molecular weight excluding hydrogens is 360 g/mol. The van der Waals surface area contributed by atoms with Crippen LogP contribution in [0.2, 0.25) is 0 Å². The van der Waals surface area contributed by atoms with Crippen LogP contribution in [0.15, 0.2) is 30.6 Å². The monoisotopic (exact) mass is 373 g/mol. The van der Waals surface area contributed by atoms with Gasteiger partial charge in [-0.1, -0.05) is 0 Å². The molecule has 1 aromatic heterocycles. The van der Waals surface area contributed by atoms with Crippen molar-refractivity contribution in [2.24, 2.45) is 0 Å². The summed E-state index contributed by atoms with van der Waals surface area (Å²) in [6, 6.07) is 4.14. The van der Waals surface area contributed by atoms with Crippen LogP contribution in [0.25, 0.3) is 0 Å². The number of nitrogens with zero attached hydrogens (tertiary/aromatic N) is 1. The standard InChI is InChI=1S/C13H13FIN3O/c14-9-3-4-10(11(15)8-9)13(19)18-5-1-2-12-16-6-7-17-12/h3-4,6-8H,1-2,5H2,(H,16,17)(H,18,19). The summed E-state index contributed by atoms with van der Waals surface area (Å²) in [5.41, 5.74) is 0.500. The van der Waals surface area contributed by atoms with Gasteiger partial charge in [0.25, 0.3) is 5.91 Å². The van der Waals surface area contributed by atoms with Crippen molar-refractivity contribution < 1.29 is 9.18 Å². The number of carbonyl (C=O) groups is 1. The van der Waals surface area contributed by atoms with Crippen molar-refractivity contribution in [3.63, 3.8) is 0 Å². The molecule has 0 bridgehead atoms. The molecule has 0 aliphatic heterocycles. The zero-order valence-corrected chi connectivity index (χ0v) is 12.3. The molecule has 2 rings (SSSR count). The maximum absolute atomic E-state index is 12.9. The van der Waals surface area contributed by atoms with Crippen LogP contribution in [0.3, 0.4) is 0 Å². The molecule has 2 N–H and O–H groups in total. The van der Waals surface area contributed by atoms with E-state index in [2.05, 4.69) is 15.3 Å². The van der Waals surface area contributed by atoms with Gasteiger partial charge in [-0.2, -0.15) is 0 Å². The molecule has 0 saturated heterocycles. The first-order valence-electron chi connectivity index (χ1n) is 5.88. The topological polar surface area (TPSA) is 57.8 Å². The zero-order valence-electron chi connectivity index (χ0n) is 10.1. The largest absolute Gasteiger partial charge is 0.352 e. The molecule has 0 aliphatic rings. The highest BCUT2D eigenvalue weighted by atomic mass is 127. The first-order chi connectivity index (χ1) is 9.16. The SMILES string of the molecule is O=C(NCCCc1ncc[nH]1)c1ccc(F)cc1I. The van der Waals surface area contributed by atoms with Gasteiger partial charge < -0.3 is 10.3 Å². The van der Waals surface area contributed by atoms with E-state index in [0.29, 0.717) is 15.7 Å². The number of hydrogen-bond acceptors (Lipinski definition) is 2. The van der Waals surface area contributed by atoms with Crippen molar-refractivity contribution in [2.75, 3.05) is 6.54 Å². The predicted octanol–water partition coefficient (Wildman–Crippen LogP) is 2.52. The molecule has 4 nitrogen and oxygen atoms in total. The van der Waals surface area contributed by atoms with Crippen molar-refractivity contribution in [3.05, 3.63) is 51.4 Å². The van der Waals surface area contributed by atoms with Crippen molar-refractivity contribution in [1.29, 1.82) is 0 Å². The van der Waals surface area contributed by atoms with Gasteiger partial charge >= 0.3 is 0 Å². The minimum Gasteiger partial charge on any atom is -0.352 e. The van der Waals surface area contributed by atoms with Gasteiger partial charge in [0, 0.05) is 28.9 Å². The van der Waals surface area contributed by atoms with Crippen LogP contribution < -0.4 is 5.32 Å². The second kappa shape index (κ2) is 6.65. The van der Waals surface area contributed by atoms with Crippen LogP contribution in [-0.2, 0) is 6.42 Å². The number of nitrogens with one attached hydrogen (secondary N) is 2. The van der Waals surface area contributed by atoms with Gasteiger partial charge in [-0.05, 0) is 47.2 Å². The summed E-state index contributed by atoms with van der Waals surface area (Å²) < 4.78 is 13.5. The molecule has 0 atom stereocenters. The molecule has 0 spiro atoms. The lowest BCUT2D eigenvalue weighted by atomic mass is 10.2. The van der Waals surface area contributed by atoms with Crippen molar-refractivity contribution in [1.82, 2.24) is 15.3 Å². The minimum atomic E-state index is -0.334. The summed E-state index contributed by atoms with van der Waals surface area (Å²) in [7, 11) is 0. The fourth-order valence-corrected chi connectivity index (χ4v) is 2.38. The number of H-pyrrole nitrogens is 1. The average Bonchev–Trinajstić information content (AvgIpc) is 2.87. The molecule has 19 heavy (non-hydrogen) atoms. The Labute approximate surface area is 124 Å². The number of imidazole rings is 1. The van der Waals surface area contributed by atoms with E-state index in [1.165, 1.54) is 18.2 Å². The zero-order chi connectivity index (χ0) is 13.7. The molecule has 0 radical (unpaired) electrons. The van der Waals surface area contributed by atoms with E-state index >= 15 is 0 Å². The van der Waals surface area contributed by atoms with Crippen LogP contribution in [0.1, 0.15) is 22.6 Å². The van der Waals surface area contributed by atoms with E-state index < -0.39 is 0 Å². The van der Waals surface area contributed by atoms with Crippen LogP contribution in [0.5, 0.6) is 0 Å². The number of aromatic amines is 1. The molecule has 0 fully saturated rings. The molecule has 6 heteroatoms. The number of amides is 1. The molecule has 0 aliphatic carbocycles. The summed E-state index contributed by atoms with van der Waals surface area (Å²) in [5.74, 6) is 0.397. The van der Waals surface area contributed by atoms with Gasteiger partial charge in [-0.15, -0.1) is 0 Å². The second-order valence-corrected chi connectivity index (χ2v) is 5.18. The third-order valence-electron chi connectivity index (χ3n) is 2.61. The smallest absolute Gasteiger partial charge is 0.252 e. The minimum absolute atomic E-state index is 0.177. The highest BCUT2D eigenvalue weighted by molar-refractivity contribution is 14.1. The van der Waals surface area contributed by atoms with E-state index in [1.807, 2.05) is 22.6 Å². The van der Waals surface area contributed by atoms with Crippen molar-refractivity contribution in [2.45, 2.75) is 12.8 Å². The quantitative estimate of drug-likeness (QED) is 0.625. The maximum atomic E-state index is 12.9. The Kier molecular flexibility index (Phi) is 4.89. The Hall–Kier alpha value is -1.44. The summed E-state index contributed by atoms with van der Waals surface area (Å²) in [6.45, 7) is 0.562. The summed E-state index contributed by atoms with van der Waals surface area (Å²) in [5, 5.41) is 2.81. The van der Waals surface area contributed by atoms with Crippen molar-refractivity contribution >= 4 is 28.5 Å². The van der Waals surface area contributed by atoms with Crippen molar-refractivity contribution in [3.8, 4) is 0 Å². The number of halogens is 2. The van der Waals surface area contributed by atoms with Gasteiger partial charge in [0.15, 0.2) is 0 Å². The molecular formula is C13H13FIN3O. The third-order valence-corrected chi connectivity index (χ3v) is 3.50. The van der Waals surface area contributed by atoms with Crippen LogP contribution >= 0.6 is 22.6 Å². The fraction of sp³-hybridized carbons (Fsp3) is 0.231. The molecule has 0 saturated carbocycles. The van der Waals surface area contributed by atoms with E-state index in [9.17, 15) is 9.18 Å².